The number of carbonyl (C=O) groups excluding carboxylic acids is 3. The first-order valence-corrected chi connectivity index (χ1v) is 32.0. The topological polar surface area (TPSA) is 78.9 Å². The molecule has 0 aliphatic heterocycles. The standard InChI is InChI=1S/C66H122O6/c1-4-7-10-13-16-19-22-25-28-31-34-37-40-43-46-49-52-55-58-64(67)70-61-63(72-66(69)60-57-54-51-48-45-42-39-36-33-30-27-24-21-18-15-12-9-6-3)62-71-65(68)59-56-53-50-47-44-41-38-35-32-29-26-23-20-17-14-11-8-5-2/h25-30,63H,4-24,31-62H2,1-3H3/b28-25-,29-26-,30-27-. The SMILES string of the molecule is CCCCCCCC/C=C\CCCCCCCCCCC(=O)OCC(COC(=O)CCCCCCCCCC/C=C\CCCCCCCC)OC(=O)CCCCCCCCCC/C=C\CCCCCCCC. The van der Waals surface area contributed by atoms with Crippen molar-refractivity contribution in [2.45, 2.75) is 354 Å². The number of allylic oxidation sites excluding steroid dienone is 6. The first kappa shape index (κ1) is 69.6. The zero-order valence-electron chi connectivity index (χ0n) is 48.5. The molecule has 0 aromatic rings. The van der Waals surface area contributed by atoms with Gasteiger partial charge in [-0.15, -0.1) is 0 Å². The summed E-state index contributed by atoms with van der Waals surface area (Å²) in [6.07, 6.45) is 74.3. The van der Waals surface area contributed by atoms with E-state index in [0.717, 1.165) is 57.8 Å². The molecule has 0 unspecified atom stereocenters. The monoisotopic (exact) mass is 1010 g/mol. The molecule has 6 nitrogen and oxygen atoms in total. The summed E-state index contributed by atoms with van der Waals surface area (Å²) < 4.78 is 16.9. The number of esters is 3. The van der Waals surface area contributed by atoms with Crippen molar-refractivity contribution in [2.24, 2.45) is 0 Å². The van der Waals surface area contributed by atoms with Crippen LogP contribution in [0.3, 0.4) is 0 Å². The molecule has 0 saturated carbocycles. The van der Waals surface area contributed by atoms with Crippen molar-refractivity contribution in [3.63, 3.8) is 0 Å². The predicted octanol–water partition coefficient (Wildman–Crippen LogP) is 21.6. The molecule has 0 aromatic carbocycles. The van der Waals surface area contributed by atoms with Gasteiger partial charge in [-0.2, -0.15) is 0 Å². The Hall–Kier alpha value is -2.37. The Morgan fingerprint density at radius 3 is 0.694 bits per heavy atom. The first-order chi connectivity index (χ1) is 35.5. The third-order valence-corrected chi connectivity index (χ3v) is 14.3. The fourth-order valence-corrected chi connectivity index (χ4v) is 9.49. The average Bonchev–Trinajstić information content (AvgIpc) is 3.38. The van der Waals surface area contributed by atoms with Crippen LogP contribution in [-0.2, 0) is 28.6 Å². The van der Waals surface area contributed by atoms with E-state index in [1.54, 1.807) is 0 Å². The fraction of sp³-hybridized carbons (Fsp3) is 0.864. The summed E-state index contributed by atoms with van der Waals surface area (Å²) in [5, 5.41) is 0. The largest absolute Gasteiger partial charge is 0.462 e. The molecular formula is C66H122O6. The highest BCUT2D eigenvalue weighted by atomic mass is 16.6. The molecule has 0 heterocycles. The van der Waals surface area contributed by atoms with Crippen LogP contribution < -0.4 is 0 Å². The van der Waals surface area contributed by atoms with Gasteiger partial charge in [-0.1, -0.05) is 269 Å². The van der Waals surface area contributed by atoms with E-state index in [4.69, 9.17) is 14.2 Å². The van der Waals surface area contributed by atoms with Crippen molar-refractivity contribution in [3.8, 4) is 0 Å². The highest BCUT2D eigenvalue weighted by Gasteiger charge is 2.19. The van der Waals surface area contributed by atoms with E-state index in [1.165, 1.54) is 250 Å². The molecule has 0 aliphatic rings. The zero-order valence-corrected chi connectivity index (χ0v) is 48.5. The zero-order chi connectivity index (χ0) is 52.2. The Labute approximate surface area is 448 Å². The number of hydrogen-bond donors (Lipinski definition) is 0. The van der Waals surface area contributed by atoms with E-state index in [0.29, 0.717) is 19.3 Å². The number of carbonyl (C=O) groups is 3. The molecule has 0 atom stereocenters. The molecule has 0 aromatic heterocycles. The van der Waals surface area contributed by atoms with E-state index in [1.807, 2.05) is 0 Å². The lowest BCUT2D eigenvalue weighted by Crippen LogP contribution is -2.30. The van der Waals surface area contributed by atoms with Gasteiger partial charge in [0.2, 0.25) is 0 Å². The van der Waals surface area contributed by atoms with Crippen LogP contribution in [-0.4, -0.2) is 37.2 Å². The molecule has 0 fully saturated rings. The van der Waals surface area contributed by atoms with Crippen LogP contribution in [0.4, 0.5) is 0 Å². The van der Waals surface area contributed by atoms with Crippen molar-refractivity contribution < 1.29 is 28.6 Å². The molecule has 72 heavy (non-hydrogen) atoms. The van der Waals surface area contributed by atoms with Crippen molar-refractivity contribution in [1.29, 1.82) is 0 Å². The second-order valence-electron chi connectivity index (χ2n) is 21.7. The minimum atomic E-state index is -0.776. The van der Waals surface area contributed by atoms with Gasteiger partial charge in [0.05, 0.1) is 0 Å². The lowest BCUT2D eigenvalue weighted by Gasteiger charge is -2.18. The van der Waals surface area contributed by atoms with Gasteiger partial charge >= 0.3 is 17.9 Å². The molecule has 0 bridgehead atoms. The number of ether oxygens (including phenoxy) is 3. The lowest BCUT2D eigenvalue weighted by molar-refractivity contribution is -0.167. The molecule has 422 valence electrons. The number of rotatable bonds is 59. The molecule has 0 amide bonds. The Morgan fingerprint density at radius 2 is 0.458 bits per heavy atom. The smallest absolute Gasteiger partial charge is 0.306 e. The van der Waals surface area contributed by atoms with Gasteiger partial charge in [0.25, 0.3) is 0 Å². The van der Waals surface area contributed by atoms with E-state index in [9.17, 15) is 14.4 Å². The van der Waals surface area contributed by atoms with Gasteiger partial charge in [0.15, 0.2) is 6.10 Å². The van der Waals surface area contributed by atoms with Gasteiger partial charge in [-0.25, -0.2) is 0 Å². The van der Waals surface area contributed by atoms with Crippen LogP contribution in [0.2, 0.25) is 0 Å². The Bertz CT molecular complexity index is 1140. The maximum atomic E-state index is 12.9. The first-order valence-electron chi connectivity index (χ1n) is 32.0. The molecule has 6 heteroatoms. The van der Waals surface area contributed by atoms with Crippen molar-refractivity contribution >= 4 is 17.9 Å². The van der Waals surface area contributed by atoms with E-state index in [-0.39, 0.29) is 31.1 Å². The second kappa shape index (κ2) is 61.2. The van der Waals surface area contributed by atoms with Crippen LogP contribution in [0.15, 0.2) is 36.5 Å². The summed E-state index contributed by atoms with van der Waals surface area (Å²) >= 11 is 0. The summed E-state index contributed by atoms with van der Waals surface area (Å²) in [6.45, 7) is 6.68. The Morgan fingerprint density at radius 1 is 0.264 bits per heavy atom. The Kier molecular flexibility index (Phi) is 59.2. The molecule has 0 saturated heterocycles. The van der Waals surface area contributed by atoms with Crippen LogP contribution in [0.1, 0.15) is 348 Å². The van der Waals surface area contributed by atoms with Crippen LogP contribution in [0.5, 0.6) is 0 Å². The molecule has 0 radical (unpaired) electrons. The normalized spacial score (nSPS) is 11.8. The van der Waals surface area contributed by atoms with Gasteiger partial charge in [-0.05, 0) is 96.3 Å². The van der Waals surface area contributed by atoms with E-state index in [2.05, 4.69) is 57.2 Å². The molecule has 0 N–H and O–H groups in total. The molecule has 0 spiro atoms. The van der Waals surface area contributed by atoms with Gasteiger partial charge in [0.1, 0.15) is 13.2 Å². The minimum absolute atomic E-state index is 0.0729. The van der Waals surface area contributed by atoms with E-state index < -0.39 is 6.10 Å². The van der Waals surface area contributed by atoms with Crippen LogP contribution in [0, 0.1) is 0 Å². The highest BCUT2D eigenvalue weighted by Crippen LogP contribution is 2.17. The highest BCUT2D eigenvalue weighted by molar-refractivity contribution is 5.71. The summed E-state index contributed by atoms with van der Waals surface area (Å²) in [6, 6.07) is 0. The van der Waals surface area contributed by atoms with Gasteiger partial charge in [-0.3, -0.25) is 14.4 Å². The third-order valence-electron chi connectivity index (χ3n) is 14.3. The summed E-state index contributed by atoms with van der Waals surface area (Å²) in [5.74, 6) is -0.860. The lowest BCUT2D eigenvalue weighted by atomic mass is 10.1. The maximum Gasteiger partial charge on any atom is 0.306 e. The molecule has 0 rings (SSSR count). The van der Waals surface area contributed by atoms with Crippen molar-refractivity contribution in [3.05, 3.63) is 36.5 Å². The van der Waals surface area contributed by atoms with Gasteiger partial charge < -0.3 is 14.2 Å². The average molecular weight is 1010 g/mol. The van der Waals surface area contributed by atoms with Crippen LogP contribution >= 0.6 is 0 Å². The quantitative estimate of drug-likeness (QED) is 0.0261. The van der Waals surface area contributed by atoms with Crippen molar-refractivity contribution in [2.75, 3.05) is 13.2 Å². The van der Waals surface area contributed by atoms with Crippen LogP contribution in [0.25, 0.3) is 0 Å². The summed E-state index contributed by atoms with van der Waals surface area (Å²) in [7, 11) is 0. The maximum absolute atomic E-state index is 12.9. The molecular weight excluding hydrogens is 889 g/mol. The number of hydrogen-bond acceptors (Lipinski definition) is 6. The second-order valence-corrected chi connectivity index (χ2v) is 21.7. The minimum Gasteiger partial charge on any atom is -0.462 e. The van der Waals surface area contributed by atoms with E-state index >= 15 is 0 Å². The molecule has 0 aliphatic carbocycles. The van der Waals surface area contributed by atoms with Crippen molar-refractivity contribution in [1.82, 2.24) is 0 Å². The number of unbranched alkanes of at least 4 members (excludes halogenated alkanes) is 42. The summed E-state index contributed by atoms with van der Waals surface area (Å²) in [4.78, 5) is 38.3. The fourth-order valence-electron chi connectivity index (χ4n) is 9.49. The predicted molar refractivity (Wildman–Crippen MR) is 312 cm³/mol. The van der Waals surface area contributed by atoms with Gasteiger partial charge in [0, 0.05) is 19.3 Å². The third kappa shape index (κ3) is 58.5. The Balaban J connectivity index is 4.35. The summed E-state index contributed by atoms with van der Waals surface area (Å²) in [5.41, 5.74) is 0.